The van der Waals surface area contributed by atoms with E-state index in [0.717, 1.165) is 31.1 Å². The number of ether oxygens (including phenoxy) is 1. The van der Waals surface area contributed by atoms with E-state index in [1.807, 2.05) is 12.1 Å². The van der Waals surface area contributed by atoms with Crippen LogP contribution in [0.2, 0.25) is 0 Å². The largest absolute Gasteiger partial charge is 0.382 e. The lowest BCUT2D eigenvalue weighted by Gasteiger charge is -2.31. The number of hydrogen-bond acceptors (Lipinski definition) is 4. The molecule has 1 aliphatic carbocycles. The standard InChI is InChI=1S/C15H21NO3S/c1-20(17,18)14-6-4-12(5-7-14)16-13-8-9-19-15(10-13)11-2-3-11/h4-7,11,13,15-16H,2-3,8-10H2,1H3. The van der Waals surface area contributed by atoms with Gasteiger partial charge in [0.15, 0.2) is 9.84 Å². The van der Waals surface area contributed by atoms with Crippen molar-refractivity contribution in [3.8, 4) is 0 Å². The Bertz CT molecular complexity index is 563. The second-order valence-corrected chi connectivity index (χ2v) is 7.92. The predicted molar refractivity (Wildman–Crippen MR) is 78.7 cm³/mol. The van der Waals surface area contributed by atoms with Gasteiger partial charge in [0.05, 0.1) is 11.0 Å². The molecule has 5 heteroatoms. The zero-order valence-electron chi connectivity index (χ0n) is 11.7. The van der Waals surface area contributed by atoms with E-state index in [-0.39, 0.29) is 0 Å². The molecule has 1 saturated carbocycles. The third-order valence-corrected chi connectivity index (χ3v) is 5.24. The predicted octanol–water partition coefficient (Wildman–Crippen LogP) is 2.46. The van der Waals surface area contributed by atoms with Gasteiger partial charge in [-0.15, -0.1) is 0 Å². The Balaban J connectivity index is 1.62. The van der Waals surface area contributed by atoms with Crippen LogP contribution < -0.4 is 5.32 Å². The lowest BCUT2D eigenvalue weighted by Crippen LogP contribution is -2.35. The Hall–Kier alpha value is -1.07. The van der Waals surface area contributed by atoms with Gasteiger partial charge in [-0.05, 0) is 55.9 Å². The lowest BCUT2D eigenvalue weighted by atomic mass is 10.00. The third-order valence-electron chi connectivity index (χ3n) is 4.12. The SMILES string of the molecule is CS(=O)(=O)c1ccc(NC2CCOC(C3CC3)C2)cc1. The second-order valence-electron chi connectivity index (χ2n) is 5.91. The van der Waals surface area contributed by atoms with Crippen LogP contribution in [0.1, 0.15) is 25.7 Å². The summed E-state index contributed by atoms with van der Waals surface area (Å²) in [5.74, 6) is 0.771. The van der Waals surface area contributed by atoms with Gasteiger partial charge in [-0.2, -0.15) is 0 Å². The van der Waals surface area contributed by atoms with E-state index in [0.29, 0.717) is 17.0 Å². The first-order chi connectivity index (χ1) is 9.52. The van der Waals surface area contributed by atoms with Crippen LogP contribution in [0.25, 0.3) is 0 Å². The summed E-state index contributed by atoms with van der Waals surface area (Å²) < 4.78 is 28.7. The number of hydrogen-bond donors (Lipinski definition) is 1. The van der Waals surface area contributed by atoms with Crippen LogP contribution in [-0.4, -0.2) is 33.4 Å². The van der Waals surface area contributed by atoms with Gasteiger partial charge in [0.25, 0.3) is 0 Å². The molecule has 2 aliphatic rings. The highest BCUT2D eigenvalue weighted by molar-refractivity contribution is 7.90. The topological polar surface area (TPSA) is 55.4 Å². The molecule has 3 rings (SSSR count). The van der Waals surface area contributed by atoms with Gasteiger partial charge in [-0.3, -0.25) is 0 Å². The fourth-order valence-electron chi connectivity index (χ4n) is 2.79. The molecule has 1 N–H and O–H groups in total. The smallest absolute Gasteiger partial charge is 0.175 e. The van der Waals surface area contributed by atoms with Gasteiger partial charge in [0.1, 0.15) is 0 Å². The van der Waals surface area contributed by atoms with E-state index in [1.165, 1.54) is 19.1 Å². The average molecular weight is 295 g/mol. The molecule has 20 heavy (non-hydrogen) atoms. The first-order valence-corrected chi connectivity index (χ1v) is 9.10. The Kier molecular flexibility index (Phi) is 3.73. The summed E-state index contributed by atoms with van der Waals surface area (Å²) in [6.07, 6.45) is 6.32. The van der Waals surface area contributed by atoms with E-state index in [2.05, 4.69) is 5.32 Å². The minimum absolute atomic E-state index is 0.367. The molecular weight excluding hydrogens is 274 g/mol. The lowest BCUT2D eigenvalue weighted by molar-refractivity contribution is -0.00218. The molecule has 1 aromatic rings. The molecule has 0 amide bonds. The van der Waals surface area contributed by atoms with Gasteiger partial charge < -0.3 is 10.1 Å². The van der Waals surface area contributed by atoms with Crippen molar-refractivity contribution in [1.29, 1.82) is 0 Å². The first kappa shape index (κ1) is 13.9. The van der Waals surface area contributed by atoms with E-state index in [1.54, 1.807) is 12.1 Å². The molecule has 0 radical (unpaired) electrons. The second kappa shape index (κ2) is 5.37. The Labute approximate surface area is 120 Å². The van der Waals surface area contributed by atoms with Crippen LogP contribution in [0.4, 0.5) is 5.69 Å². The van der Waals surface area contributed by atoms with Gasteiger partial charge in [-0.25, -0.2) is 8.42 Å². The molecule has 2 atom stereocenters. The van der Waals surface area contributed by atoms with Crippen molar-refractivity contribution in [2.45, 2.75) is 42.7 Å². The molecule has 0 bridgehead atoms. The Morgan fingerprint density at radius 3 is 2.45 bits per heavy atom. The van der Waals surface area contributed by atoms with E-state index < -0.39 is 9.84 Å². The minimum Gasteiger partial charge on any atom is -0.382 e. The summed E-state index contributed by atoms with van der Waals surface area (Å²) >= 11 is 0. The molecule has 1 aliphatic heterocycles. The molecular formula is C15H21NO3S. The number of sulfone groups is 1. The van der Waals surface area contributed by atoms with Crippen LogP contribution in [0.3, 0.4) is 0 Å². The fourth-order valence-corrected chi connectivity index (χ4v) is 3.42. The van der Waals surface area contributed by atoms with Crippen LogP contribution in [0.15, 0.2) is 29.2 Å². The van der Waals surface area contributed by atoms with E-state index >= 15 is 0 Å². The maximum Gasteiger partial charge on any atom is 0.175 e. The first-order valence-electron chi connectivity index (χ1n) is 7.20. The summed E-state index contributed by atoms with van der Waals surface area (Å²) in [7, 11) is -3.11. The number of rotatable bonds is 4. The molecule has 110 valence electrons. The third kappa shape index (κ3) is 3.33. The number of benzene rings is 1. The normalized spacial score (nSPS) is 27.2. The quantitative estimate of drug-likeness (QED) is 0.927. The zero-order chi connectivity index (χ0) is 14.2. The average Bonchev–Trinajstić information content (AvgIpc) is 3.23. The molecule has 1 heterocycles. The number of anilines is 1. The van der Waals surface area contributed by atoms with E-state index in [4.69, 9.17) is 4.74 Å². The summed E-state index contributed by atoms with van der Waals surface area (Å²) in [4.78, 5) is 0.367. The van der Waals surface area contributed by atoms with Crippen molar-refractivity contribution in [3.05, 3.63) is 24.3 Å². The van der Waals surface area contributed by atoms with Crippen LogP contribution in [-0.2, 0) is 14.6 Å². The fraction of sp³-hybridized carbons (Fsp3) is 0.600. The van der Waals surface area contributed by atoms with Crippen molar-refractivity contribution in [1.82, 2.24) is 0 Å². The van der Waals surface area contributed by atoms with Crippen molar-refractivity contribution in [2.24, 2.45) is 5.92 Å². The van der Waals surface area contributed by atoms with Crippen molar-refractivity contribution in [2.75, 3.05) is 18.2 Å². The van der Waals surface area contributed by atoms with E-state index in [9.17, 15) is 8.42 Å². The Morgan fingerprint density at radius 2 is 1.85 bits per heavy atom. The summed E-state index contributed by atoms with van der Waals surface area (Å²) in [6, 6.07) is 7.44. The molecule has 2 fully saturated rings. The van der Waals surface area contributed by atoms with Crippen molar-refractivity contribution in [3.63, 3.8) is 0 Å². The monoisotopic (exact) mass is 295 g/mol. The van der Waals surface area contributed by atoms with Crippen molar-refractivity contribution < 1.29 is 13.2 Å². The van der Waals surface area contributed by atoms with Gasteiger partial charge in [0, 0.05) is 24.6 Å². The van der Waals surface area contributed by atoms with Gasteiger partial charge in [-0.1, -0.05) is 0 Å². The maximum atomic E-state index is 11.4. The highest BCUT2D eigenvalue weighted by Gasteiger charge is 2.35. The zero-order valence-corrected chi connectivity index (χ0v) is 12.5. The molecule has 1 aromatic carbocycles. The molecule has 4 nitrogen and oxygen atoms in total. The highest BCUT2D eigenvalue weighted by Crippen LogP contribution is 2.38. The van der Waals surface area contributed by atoms with Crippen LogP contribution in [0, 0.1) is 5.92 Å². The maximum absolute atomic E-state index is 11.4. The molecule has 0 spiro atoms. The summed E-state index contributed by atoms with van der Waals surface area (Å²) in [6.45, 7) is 0.820. The molecule has 2 unspecified atom stereocenters. The van der Waals surface area contributed by atoms with Crippen LogP contribution in [0.5, 0.6) is 0 Å². The van der Waals surface area contributed by atoms with Crippen LogP contribution >= 0.6 is 0 Å². The summed E-state index contributed by atoms with van der Waals surface area (Å²) in [5.41, 5.74) is 0.985. The van der Waals surface area contributed by atoms with Gasteiger partial charge in [0.2, 0.25) is 0 Å². The number of nitrogens with one attached hydrogen (secondary N) is 1. The van der Waals surface area contributed by atoms with Crippen molar-refractivity contribution >= 4 is 15.5 Å². The molecule has 1 saturated heterocycles. The summed E-state index contributed by atoms with van der Waals surface area (Å²) in [5, 5.41) is 3.50. The Morgan fingerprint density at radius 1 is 1.15 bits per heavy atom. The minimum atomic E-state index is -3.11. The molecule has 0 aromatic heterocycles. The highest BCUT2D eigenvalue weighted by atomic mass is 32.2. The van der Waals surface area contributed by atoms with Gasteiger partial charge >= 0.3 is 0 Å².